The molecule has 0 fully saturated rings. The lowest BCUT2D eigenvalue weighted by molar-refractivity contribution is 1.27. The Morgan fingerprint density at radius 3 is 1.41 bits per heavy atom. The van der Waals surface area contributed by atoms with Crippen molar-refractivity contribution in [2.24, 2.45) is 4.74 Å². The van der Waals surface area contributed by atoms with Crippen LogP contribution in [0.15, 0.2) is 119 Å². The topological polar surface area (TPSA) is 25.2 Å². The Balaban J connectivity index is 2.11. The first-order valence-electron chi connectivity index (χ1n) is 8.70. The predicted octanol–water partition coefficient (Wildman–Crippen LogP) is 5.65. The molecule has 0 N–H and O–H groups in total. The van der Waals surface area contributed by atoms with E-state index in [-0.39, 0.29) is 0 Å². The molecule has 0 unspecified atom stereocenters. The summed E-state index contributed by atoms with van der Waals surface area (Å²) in [4.78, 5) is 4.55. The highest BCUT2D eigenvalue weighted by molar-refractivity contribution is 9.10. The second kappa shape index (κ2) is 8.04. The normalized spacial score (nSPS) is 11.1. The number of benzene rings is 3. The lowest BCUT2D eigenvalue weighted by Crippen LogP contribution is -2.25. The number of nitrogens with zero attached hydrogens (tertiary/aromatic N) is 2. The minimum atomic E-state index is -2.24. The molecule has 4 aromatic rings. The molecule has 3 aromatic carbocycles. The van der Waals surface area contributed by atoms with Crippen LogP contribution in [0.4, 0.5) is 5.82 Å². The van der Waals surface area contributed by atoms with Crippen molar-refractivity contribution in [3.05, 3.63) is 114 Å². The van der Waals surface area contributed by atoms with Crippen molar-refractivity contribution in [3.63, 3.8) is 0 Å². The molecule has 4 rings (SSSR count). The lowest BCUT2D eigenvalue weighted by Gasteiger charge is -2.26. The third-order valence-corrected chi connectivity index (χ3v) is 8.46. The Labute approximate surface area is 168 Å². The van der Waals surface area contributed by atoms with Crippen molar-refractivity contribution < 1.29 is 0 Å². The van der Waals surface area contributed by atoms with Gasteiger partial charge in [0.2, 0.25) is 0 Å². The minimum absolute atomic E-state index is 0.739. The molecule has 0 amide bonds. The lowest BCUT2D eigenvalue weighted by atomic mass is 10.4. The highest BCUT2D eigenvalue weighted by atomic mass is 79.9. The van der Waals surface area contributed by atoms with Crippen LogP contribution in [0.25, 0.3) is 0 Å². The van der Waals surface area contributed by atoms with Gasteiger partial charge in [-0.15, -0.1) is 0 Å². The van der Waals surface area contributed by atoms with Crippen molar-refractivity contribution in [1.29, 1.82) is 0 Å². The summed E-state index contributed by atoms with van der Waals surface area (Å²) in [6.07, 6.45) is 1.80. The molecular weight excluding hydrogens is 415 g/mol. The van der Waals surface area contributed by atoms with Gasteiger partial charge in [-0.2, -0.15) is 0 Å². The highest BCUT2D eigenvalue weighted by Gasteiger charge is 2.27. The zero-order chi connectivity index (χ0) is 18.5. The fraction of sp³-hybridized carbons (Fsp3) is 0. The standard InChI is InChI=1S/C23H18BrN2P/c24-19-16-17-23(25-18-19)26-27(20-10-4-1-5-11-20,21-12-6-2-7-13-21)22-14-8-3-9-15-22/h1-18H. The molecule has 0 saturated carbocycles. The molecule has 1 aromatic heterocycles. The van der Waals surface area contributed by atoms with Crippen LogP contribution in [-0.2, 0) is 0 Å². The third kappa shape index (κ3) is 3.66. The molecule has 0 radical (unpaired) electrons. The monoisotopic (exact) mass is 432 g/mol. The summed E-state index contributed by atoms with van der Waals surface area (Å²) in [6.45, 7) is 0. The van der Waals surface area contributed by atoms with Crippen LogP contribution in [0.3, 0.4) is 0 Å². The van der Waals surface area contributed by atoms with E-state index in [1.165, 1.54) is 15.9 Å². The third-order valence-electron chi connectivity index (χ3n) is 4.35. The van der Waals surface area contributed by atoms with Gasteiger partial charge in [-0.1, -0.05) is 91.0 Å². The van der Waals surface area contributed by atoms with Crippen LogP contribution < -0.4 is 15.9 Å². The van der Waals surface area contributed by atoms with Crippen molar-refractivity contribution in [3.8, 4) is 0 Å². The molecular formula is C23H18BrN2P. The maximum absolute atomic E-state index is 5.32. The Hall–Kier alpha value is -2.48. The molecule has 0 bridgehead atoms. The van der Waals surface area contributed by atoms with Crippen LogP contribution >= 0.6 is 23.0 Å². The second-order valence-electron chi connectivity index (χ2n) is 6.08. The first kappa shape index (κ1) is 17.9. The largest absolute Gasteiger partial charge is 0.236 e. The number of hydrogen-bond acceptors (Lipinski definition) is 2. The molecule has 4 heteroatoms. The molecule has 27 heavy (non-hydrogen) atoms. The zero-order valence-electron chi connectivity index (χ0n) is 14.6. The number of hydrogen-bond donors (Lipinski definition) is 0. The maximum atomic E-state index is 5.32. The molecule has 132 valence electrons. The van der Waals surface area contributed by atoms with Gasteiger partial charge in [-0.05, 0) is 28.1 Å². The number of aromatic nitrogens is 1. The molecule has 0 saturated heterocycles. The van der Waals surface area contributed by atoms with Gasteiger partial charge in [0, 0.05) is 26.6 Å². The molecule has 2 nitrogen and oxygen atoms in total. The molecule has 0 spiro atoms. The van der Waals surface area contributed by atoms with Crippen LogP contribution in [0.5, 0.6) is 0 Å². The number of rotatable bonds is 4. The average molecular weight is 433 g/mol. The highest BCUT2D eigenvalue weighted by Crippen LogP contribution is 2.48. The number of pyridine rings is 1. The summed E-state index contributed by atoms with van der Waals surface area (Å²) >= 11 is 3.46. The molecule has 0 aliphatic carbocycles. The maximum Gasteiger partial charge on any atom is 0.151 e. The summed E-state index contributed by atoms with van der Waals surface area (Å²) in [5.41, 5.74) is 0. The van der Waals surface area contributed by atoms with Crippen molar-refractivity contribution in [2.45, 2.75) is 0 Å². The zero-order valence-corrected chi connectivity index (χ0v) is 17.1. The van der Waals surface area contributed by atoms with E-state index in [0.717, 1.165) is 10.3 Å². The second-order valence-corrected chi connectivity index (χ2v) is 10.0. The molecule has 1 heterocycles. The Morgan fingerprint density at radius 2 is 1.04 bits per heavy atom. The van der Waals surface area contributed by atoms with E-state index >= 15 is 0 Å². The van der Waals surface area contributed by atoms with Gasteiger partial charge < -0.3 is 0 Å². The Kier molecular flexibility index (Phi) is 5.33. The SMILES string of the molecule is Brc1ccc(N=P(c2ccccc2)(c2ccccc2)c2ccccc2)nc1. The quantitative estimate of drug-likeness (QED) is 0.382. The first-order chi connectivity index (χ1) is 13.3. The van der Waals surface area contributed by atoms with Gasteiger partial charge in [0.25, 0.3) is 0 Å². The molecule has 0 aliphatic rings. The van der Waals surface area contributed by atoms with Gasteiger partial charge in [-0.3, -0.25) is 0 Å². The fourth-order valence-electron chi connectivity index (χ4n) is 3.13. The van der Waals surface area contributed by atoms with E-state index in [4.69, 9.17) is 4.74 Å². The number of halogens is 1. The summed E-state index contributed by atoms with van der Waals surface area (Å²) < 4.78 is 6.27. The summed E-state index contributed by atoms with van der Waals surface area (Å²) in [5, 5.41) is 3.64. The fourth-order valence-corrected chi connectivity index (χ4v) is 6.84. The summed E-state index contributed by atoms with van der Waals surface area (Å²) in [6, 6.07) is 35.7. The van der Waals surface area contributed by atoms with E-state index in [2.05, 4.69) is 93.7 Å². The van der Waals surface area contributed by atoms with E-state index in [0.29, 0.717) is 0 Å². The van der Waals surface area contributed by atoms with Crippen LogP contribution in [0.1, 0.15) is 0 Å². The van der Waals surface area contributed by atoms with Gasteiger partial charge in [0.15, 0.2) is 5.82 Å². The van der Waals surface area contributed by atoms with Gasteiger partial charge >= 0.3 is 0 Å². The van der Waals surface area contributed by atoms with Gasteiger partial charge in [0.05, 0.1) is 7.05 Å². The summed E-state index contributed by atoms with van der Waals surface area (Å²) in [5.74, 6) is 0.739. The molecule has 0 aliphatic heterocycles. The Bertz CT molecular complexity index is 960. The smallest absolute Gasteiger partial charge is 0.151 e. The van der Waals surface area contributed by atoms with Crippen LogP contribution in [0.2, 0.25) is 0 Å². The van der Waals surface area contributed by atoms with Crippen molar-refractivity contribution in [1.82, 2.24) is 4.98 Å². The average Bonchev–Trinajstić information content (AvgIpc) is 2.75. The van der Waals surface area contributed by atoms with Crippen LogP contribution in [-0.4, -0.2) is 4.98 Å². The Morgan fingerprint density at radius 1 is 0.593 bits per heavy atom. The summed E-state index contributed by atoms with van der Waals surface area (Å²) in [7, 11) is -2.24. The van der Waals surface area contributed by atoms with E-state index < -0.39 is 7.05 Å². The van der Waals surface area contributed by atoms with E-state index in [9.17, 15) is 0 Å². The van der Waals surface area contributed by atoms with E-state index in [1.807, 2.05) is 30.3 Å². The van der Waals surface area contributed by atoms with Gasteiger partial charge in [-0.25, -0.2) is 9.73 Å². The van der Waals surface area contributed by atoms with Gasteiger partial charge in [0.1, 0.15) is 0 Å². The minimum Gasteiger partial charge on any atom is -0.236 e. The first-order valence-corrected chi connectivity index (χ1v) is 11.2. The van der Waals surface area contributed by atoms with E-state index in [1.54, 1.807) is 6.20 Å². The molecule has 0 atom stereocenters. The van der Waals surface area contributed by atoms with Crippen LogP contribution in [0, 0.1) is 0 Å². The van der Waals surface area contributed by atoms with Crippen molar-refractivity contribution >= 4 is 44.7 Å². The van der Waals surface area contributed by atoms with Crippen molar-refractivity contribution in [2.75, 3.05) is 0 Å². The predicted molar refractivity (Wildman–Crippen MR) is 119 cm³/mol.